The largest absolute Gasteiger partial charge is 0.513 e. The average Bonchev–Trinajstić information content (AvgIpc) is 3.20. The molecule has 1 heterocycles. The highest BCUT2D eigenvalue weighted by Gasteiger charge is 2.31. The molecule has 0 aromatic heterocycles. The van der Waals surface area contributed by atoms with E-state index in [1.807, 2.05) is 23.1 Å². The van der Waals surface area contributed by atoms with Crippen molar-refractivity contribution in [3.05, 3.63) is 88.7 Å². The van der Waals surface area contributed by atoms with E-state index in [-0.39, 0.29) is 11.8 Å². The summed E-state index contributed by atoms with van der Waals surface area (Å²) in [5, 5.41) is 9.86. The molecule has 1 amide bonds. The lowest BCUT2D eigenvalue weighted by Gasteiger charge is -2.35. The first-order chi connectivity index (χ1) is 15.5. The van der Waals surface area contributed by atoms with Crippen LogP contribution in [0.25, 0.3) is 0 Å². The maximum atomic E-state index is 11.8. The Balaban J connectivity index is 1.53. The predicted octanol–water partition coefficient (Wildman–Crippen LogP) is 6.13. The van der Waals surface area contributed by atoms with Crippen LogP contribution in [0.1, 0.15) is 62.5 Å². The highest BCUT2D eigenvalue weighted by molar-refractivity contribution is 5.78. The zero-order valence-electron chi connectivity index (χ0n) is 19.1. The number of aliphatic hydroxyl groups is 1. The normalized spacial score (nSPS) is 21.9. The fourth-order valence-electron chi connectivity index (χ4n) is 5.14. The minimum Gasteiger partial charge on any atom is -0.513 e. The van der Waals surface area contributed by atoms with Gasteiger partial charge in [0.1, 0.15) is 12.4 Å². The van der Waals surface area contributed by atoms with Crippen molar-refractivity contribution in [2.45, 2.75) is 51.4 Å². The maximum absolute atomic E-state index is 11.8. The Morgan fingerprint density at radius 2 is 1.84 bits per heavy atom. The highest BCUT2D eigenvalue weighted by Crippen LogP contribution is 2.47. The fraction of sp³-hybridized carbons (Fsp3) is 0.393. The van der Waals surface area contributed by atoms with Gasteiger partial charge < -0.3 is 14.7 Å². The molecule has 4 rings (SSSR count). The van der Waals surface area contributed by atoms with Gasteiger partial charge in [-0.2, -0.15) is 0 Å². The number of carbonyl (C=O) groups excluding carboxylic acids is 1. The van der Waals surface area contributed by atoms with Crippen LogP contribution in [0, 0.1) is 0 Å². The topological polar surface area (TPSA) is 49.8 Å². The van der Waals surface area contributed by atoms with Gasteiger partial charge in [-0.25, -0.2) is 0 Å². The van der Waals surface area contributed by atoms with Gasteiger partial charge in [0.05, 0.1) is 12.3 Å². The number of carbonyl (C=O) groups is 1. The van der Waals surface area contributed by atoms with Gasteiger partial charge >= 0.3 is 0 Å². The predicted molar refractivity (Wildman–Crippen MR) is 128 cm³/mol. The van der Waals surface area contributed by atoms with Crippen molar-refractivity contribution in [2.24, 2.45) is 0 Å². The van der Waals surface area contributed by atoms with E-state index in [0.717, 1.165) is 31.6 Å². The van der Waals surface area contributed by atoms with Gasteiger partial charge in [0.2, 0.25) is 5.91 Å². The van der Waals surface area contributed by atoms with Crippen LogP contribution in [-0.4, -0.2) is 35.6 Å². The average molecular weight is 432 g/mol. The molecule has 4 heteroatoms. The molecule has 1 fully saturated rings. The van der Waals surface area contributed by atoms with Crippen molar-refractivity contribution in [1.29, 1.82) is 0 Å². The van der Waals surface area contributed by atoms with Gasteiger partial charge in [-0.1, -0.05) is 48.0 Å². The summed E-state index contributed by atoms with van der Waals surface area (Å²) in [5.41, 5.74) is 5.17. The summed E-state index contributed by atoms with van der Waals surface area (Å²) in [7, 11) is 0. The van der Waals surface area contributed by atoms with E-state index >= 15 is 0 Å². The Morgan fingerprint density at radius 1 is 1.09 bits per heavy atom. The van der Waals surface area contributed by atoms with Crippen molar-refractivity contribution >= 4 is 5.91 Å². The molecule has 0 saturated carbocycles. The van der Waals surface area contributed by atoms with Crippen LogP contribution in [-0.2, 0) is 4.79 Å². The van der Waals surface area contributed by atoms with Crippen molar-refractivity contribution in [3.8, 4) is 5.75 Å². The SMILES string of the molecule is CC1=C(/C=C(\C)O)CC[C@H](c2ccccc2)[C@@H]1c1ccc(OCCN2CCCC2=O)cc1. The van der Waals surface area contributed by atoms with E-state index in [1.54, 1.807) is 6.92 Å². The molecule has 4 nitrogen and oxygen atoms in total. The third-order valence-corrected chi connectivity index (χ3v) is 6.75. The van der Waals surface area contributed by atoms with Gasteiger partial charge in [0.15, 0.2) is 0 Å². The quantitative estimate of drug-likeness (QED) is 0.537. The van der Waals surface area contributed by atoms with E-state index in [9.17, 15) is 9.90 Å². The molecule has 2 aliphatic rings. The standard InChI is InChI=1S/C28H33NO3/c1-20(30)19-24-12-15-26(22-7-4-3-5-8-22)28(21(24)2)23-10-13-25(14-11-23)32-18-17-29-16-6-9-27(29)31/h3-5,7-8,10-11,13-14,19,26,28,30H,6,9,12,15-18H2,1-2H3/b20-19+/t26-,28+/m1/s1. The Kier molecular flexibility index (Phi) is 6.99. The van der Waals surface area contributed by atoms with Gasteiger partial charge in [-0.3, -0.25) is 4.79 Å². The van der Waals surface area contributed by atoms with Crippen LogP contribution in [0.15, 0.2) is 77.6 Å². The molecule has 32 heavy (non-hydrogen) atoms. The first kappa shape index (κ1) is 22.2. The number of likely N-dealkylation sites (tertiary alicyclic amines) is 1. The van der Waals surface area contributed by atoms with Crippen LogP contribution < -0.4 is 4.74 Å². The third kappa shape index (κ3) is 5.07. The number of aliphatic hydroxyl groups excluding tert-OH is 1. The van der Waals surface area contributed by atoms with E-state index < -0.39 is 0 Å². The number of hydrogen-bond acceptors (Lipinski definition) is 3. The van der Waals surface area contributed by atoms with Gasteiger partial charge in [-0.15, -0.1) is 0 Å². The molecule has 2 aromatic carbocycles. The number of allylic oxidation sites excluding steroid dienone is 4. The summed E-state index contributed by atoms with van der Waals surface area (Å²) in [6, 6.07) is 19.1. The van der Waals surface area contributed by atoms with E-state index in [2.05, 4.69) is 49.4 Å². The Bertz CT molecular complexity index is 987. The van der Waals surface area contributed by atoms with E-state index in [1.165, 1.54) is 22.3 Å². The third-order valence-electron chi connectivity index (χ3n) is 6.75. The maximum Gasteiger partial charge on any atom is 0.222 e. The Morgan fingerprint density at radius 3 is 2.50 bits per heavy atom. The first-order valence-corrected chi connectivity index (χ1v) is 11.7. The van der Waals surface area contributed by atoms with Crippen molar-refractivity contribution in [2.75, 3.05) is 19.7 Å². The van der Waals surface area contributed by atoms with Crippen LogP contribution in [0.4, 0.5) is 0 Å². The second-order valence-corrected chi connectivity index (χ2v) is 8.93. The van der Waals surface area contributed by atoms with Gasteiger partial charge in [0, 0.05) is 18.9 Å². The monoisotopic (exact) mass is 431 g/mol. The number of benzene rings is 2. The molecule has 1 saturated heterocycles. The van der Waals surface area contributed by atoms with Crippen molar-refractivity contribution < 1.29 is 14.6 Å². The molecule has 0 unspecified atom stereocenters. The Labute approximate surface area is 191 Å². The second-order valence-electron chi connectivity index (χ2n) is 8.93. The van der Waals surface area contributed by atoms with Crippen LogP contribution in [0.3, 0.4) is 0 Å². The molecule has 0 radical (unpaired) electrons. The summed E-state index contributed by atoms with van der Waals surface area (Å²) in [5.74, 6) is 2.09. The van der Waals surface area contributed by atoms with Crippen molar-refractivity contribution in [3.63, 3.8) is 0 Å². The smallest absolute Gasteiger partial charge is 0.222 e. The van der Waals surface area contributed by atoms with Gasteiger partial charge in [-0.05, 0) is 73.9 Å². The minimum absolute atomic E-state index is 0.235. The zero-order chi connectivity index (χ0) is 22.5. The van der Waals surface area contributed by atoms with Crippen LogP contribution in [0.5, 0.6) is 5.75 Å². The molecular formula is C28H33NO3. The van der Waals surface area contributed by atoms with E-state index in [0.29, 0.717) is 31.2 Å². The summed E-state index contributed by atoms with van der Waals surface area (Å²) < 4.78 is 5.92. The van der Waals surface area contributed by atoms with Crippen LogP contribution in [0.2, 0.25) is 0 Å². The van der Waals surface area contributed by atoms with Crippen LogP contribution >= 0.6 is 0 Å². The summed E-state index contributed by atoms with van der Waals surface area (Å²) >= 11 is 0. The van der Waals surface area contributed by atoms with Gasteiger partial charge in [0.25, 0.3) is 0 Å². The summed E-state index contributed by atoms with van der Waals surface area (Å²) in [6.45, 7) is 5.95. The molecule has 1 N–H and O–H groups in total. The lowest BCUT2D eigenvalue weighted by molar-refractivity contribution is -0.128. The number of amides is 1. The summed E-state index contributed by atoms with van der Waals surface area (Å²) in [4.78, 5) is 13.6. The lowest BCUT2D eigenvalue weighted by Crippen LogP contribution is -2.29. The molecule has 2 atom stereocenters. The van der Waals surface area contributed by atoms with Crippen molar-refractivity contribution in [1.82, 2.24) is 4.90 Å². The van der Waals surface area contributed by atoms with E-state index in [4.69, 9.17) is 4.74 Å². The molecular weight excluding hydrogens is 398 g/mol. The number of nitrogens with zero attached hydrogens (tertiary/aromatic N) is 1. The minimum atomic E-state index is 0.235. The lowest BCUT2D eigenvalue weighted by atomic mass is 9.69. The number of rotatable bonds is 7. The number of hydrogen-bond donors (Lipinski definition) is 1. The Hall–Kier alpha value is -3.01. The molecule has 168 valence electrons. The first-order valence-electron chi connectivity index (χ1n) is 11.7. The highest BCUT2D eigenvalue weighted by atomic mass is 16.5. The zero-order valence-corrected chi connectivity index (χ0v) is 19.1. The molecule has 0 spiro atoms. The molecule has 0 bridgehead atoms. The molecule has 2 aromatic rings. The fourth-order valence-corrected chi connectivity index (χ4v) is 5.14. The molecule has 1 aliphatic heterocycles. The second kappa shape index (κ2) is 10.1. The number of ether oxygens (including phenoxy) is 1. The summed E-state index contributed by atoms with van der Waals surface area (Å²) in [6.07, 6.45) is 5.56. The molecule has 1 aliphatic carbocycles.